The van der Waals surface area contributed by atoms with E-state index in [2.05, 4.69) is 39.6 Å². The first kappa shape index (κ1) is 12.1. The molecular weight excluding hydrogens is 221 g/mol. The molecule has 5 heteroatoms. The SMILES string of the molecule is CCc1ncc(B2OC(C)(C)C(C)(C)O2)s1. The number of aromatic nitrogens is 1. The van der Waals surface area contributed by atoms with Gasteiger partial charge in [0, 0.05) is 6.20 Å². The molecule has 0 radical (unpaired) electrons. The molecule has 88 valence electrons. The number of thiazole rings is 1. The van der Waals surface area contributed by atoms with Gasteiger partial charge in [-0.05, 0) is 34.1 Å². The Morgan fingerprint density at radius 3 is 2.25 bits per heavy atom. The number of hydrogen-bond donors (Lipinski definition) is 0. The van der Waals surface area contributed by atoms with Crippen molar-refractivity contribution in [2.24, 2.45) is 0 Å². The van der Waals surface area contributed by atoms with Crippen LogP contribution in [0.2, 0.25) is 0 Å². The van der Waals surface area contributed by atoms with E-state index in [4.69, 9.17) is 9.31 Å². The molecule has 0 saturated carbocycles. The van der Waals surface area contributed by atoms with E-state index < -0.39 is 0 Å². The van der Waals surface area contributed by atoms with E-state index in [1.807, 2.05) is 6.20 Å². The summed E-state index contributed by atoms with van der Waals surface area (Å²) in [6.07, 6.45) is 2.83. The molecule has 2 heterocycles. The molecule has 1 fully saturated rings. The number of rotatable bonds is 2. The highest BCUT2D eigenvalue weighted by atomic mass is 32.1. The maximum atomic E-state index is 5.96. The third-order valence-corrected chi connectivity index (χ3v) is 4.52. The first-order valence-electron chi connectivity index (χ1n) is 5.66. The van der Waals surface area contributed by atoms with Crippen molar-refractivity contribution >= 4 is 23.2 Å². The summed E-state index contributed by atoms with van der Waals surface area (Å²) < 4.78 is 13.0. The van der Waals surface area contributed by atoms with E-state index in [0.717, 1.165) is 16.2 Å². The number of aryl methyl sites for hydroxylation is 1. The maximum Gasteiger partial charge on any atom is 0.507 e. The highest BCUT2D eigenvalue weighted by Crippen LogP contribution is 2.36. The fraction of sp³-hybridized carbons (Fsp3) is 0.727. The Morgan fingerprint density at radius 1 is 1.25 bits per heavy atom. The van der Waals surface area contributed by atoms with Gasteiger partial charge in [-0.1, -0.05) is 6.92 Å². The van der Waals surface area contributed by atoms with Crippen LogP contribution in [0.15, 0.2) is 6.20 Å². The molecule has 1 aliphatic heterocycles. The van der Waals surface area contributed by atoms with E-state index >= 15 is 0 Å². The molecule has 0 amide bonds. The van der Waals surface area contributed by atoms with Crippen molar-refractivity contribution in [3.8, 4) is 0 Å². The first-order valence-corrected chi connectivity index (χ1v) is 6.47. The zero-order chi connectivity index (χ0) is 12.0. The van der Waals surface area contributed by atoms with Crippen molar-refractivity contribution in [2.75, 3.05) is 0 Å². The number of hydrogen-bond acceptors (Lipinski definition) is 4. The summed E-state index contributed by atoms with van der Waals surface area (Å²) in [5.41, 5.74) is -0.540. The van der Waals surface area contributed by atoms with Crippen molar-refractivity contribution in [3.63, 3.8) is 0 Å². The Balaban J connectivity index is 2.20. The van der Waals surface area contributed by atoms with Crippen LogP contribution in [-0.4, -0.2) is 23.3 Å². The molecule has 0 aliphatic carbocycles. The van der Waals surface area contributed by atoms with Crippen molar-refractivity contribution in [2.45, 2.75) is 52.2 Å². The minimum absolute atomic E-state index is 0.261. The van der Waals surface area contributed by atoms with Gasteiger partial charge < -0.3 is 9.31 Å². The molecular formula is C11H18BNO2S. The van der Waals surface area contributed by atoms with Crippen LogP contribution in [0.4, 0.5) is 0 Å². The third kappa shape index (κ3) is 1.92. The first-order chi connectivity index (χ1) is 7.36. The normalized spacial score (nSPS) is 22.7. The predicted octanol–water partition coefficient (Wildman–Crippen LogP) is 2.00. The van der Waals surface area contributed by atoms with Crippen LogP contribution in [0.1, 0.15) is 39.6 Å². The van der Waals surface area contributed by atoms with Gasteiger partial charge in [-0.25, -0.2) is 0 Å². The second kappa shape index (κ2) is 3.82. The summed E-state index contributed by atoms with van der Waals surface area (Å²) in [7, 11) is -0.261. The topological polar surface area (TPSA) is 31.4 Å². The molecule has 16 heavy (non-hydrogen) atoms. The van der Waals surface area contributed by atoms with Crippen LogP contribution in [0.25, 0.3) is 0 Å². The fourth-order valence-electron chi connectivity index (χ4n) is 1.56. The van der Waals surface area contributed by atoms with Crippen molar-refractivity contribution in [3.05, 3.63) is 11.2 Å². The van der Waals surface area contributed by atoms with Crippen LogP contribution < -0.4 is 4.78 Å². The van der Waals surface area contributed by atoms with Gasteiger partial charge in [0.05, 0.1) is 21.0 Å². The standard InChI is InChI=1S/C11H18BNO2S/c1-6-9-13-7-8(16-9)12-14-10(2,3)11(4,5)15-12/h7H,6H2,1-5H3. The zero-order valence-electron chi connectivity index (χ0n) is 10.5. The van der Waals surface area contributed by atoms with Crippen molar-refractivity contribution in [1.29, 1.82) is 0 Å². The van der Waals surface area contributed by atoms with Gasteiger partial charge in [0.1, 0.15) is 0 Å². The highest BCUT2D eigenvalue weighted by Gasteiger charge is 2.52. The lowest BCUT2D eigenvalue weighted by molar-refractivity contribution is 0.00578. The Kier molecular flexibility index (Phi) is 2.89. The van der Waals surface area contributed by atoms with Gasteiger partial charge in [0.2, 0.25) is 0 Å². The van der Waals surface area contributed by atoms with E-state index in [1.165, 1.54) is 0 Å². The summed E-state index contributed by atoms with van der Waals surface area (Å²) in [6.45, 7) is 10.4. The van der Waals surface area contributed by atoms with Crippen molar-refractivity contribution in [1.82, 2.24) is 4.98 Å². The lowest BCUT2D eigenvalue weighted by Gasteiger charge is -2.32. The van der Waals surface area contributed by atoms with E-state index in [9.17, 15) is 0 Å². The van der Waals surface area contributed by atoms with Gasteiger partial charge in [-0.3, -0.25) is 4.98 Å². The Morgan fingerprint density at radius 2 is 1.81 bits per heavy atom. The molecule has 0 unspecified atom stereocenters. The van der Waals surface area contributed by atoms with Gasteiger partial charge in [-0.2, -0.15) is 0 Å². The number of nitrogens with zero attached hydrogens (tertiary/aromatic N) is 1. The summed E-state index contributed by atoms with van der Waals surface area (Å²) in [4.78, 5) is 4.33. The Labute approximate surface area is 101 Å². The Bertz CT molecular complexity index is 373. The van der Waals surface area contributed by atoms with E-state index in [0.29, 0.717) is 0 Å². The molecule has 0 aromatic carbocycles. The van der Waals surface area contributed by atoms with E-state index in [-0.39, 0.29) is 18.3 Å². The van der Waals surface area contributed by atoms with Crippen LogP contribution in [0.5, 0.6) is 0 Å². The second-order valence-electron chi connectivity index (χ2n) is 5.10. The van der Waals surface area contributed by atoms with Gasteiger partial charge in [0.25, 0.3) is 0 Å². The molecule has 0 atom stereocenters. The van der Waals surface area contributed by atoms with Crippen LogP contribution in [-0.2, 0) is 15.7 Å². The maximum absolute atomic E-state index is 5.96. The smallest absolute Gasteiger partial charge is 0.399 e. The highest BCUT2D eigenvalue weighted by molar-refractivity contribution is 7.22. The molecule has 1 aromatic heterocycles. The van der Waals surface area contributed by atoms with Gasteiger partial charge in [0.15, 0.2) is 0 Å². The fourth-order valence-corrected chi connectivity index (χ4v) is 2.38. The quantitative estimate of drug-likeness (QED) is 0.740. The molecule has 1 saturated heterocycles. The molecule has 0 N–H and O–H groups in total. The van der Waals surface area contributed by atoms with Crippen LogP contribution in [0.3, 0.4) is 0 Å². The molecule has 0 spiro atoms. The predicted molar refractivity (Wildman–Crippen MR) is 67.2 cm³/mol. The third-order valence-electron chi connectivity index (χ3n) is 3.36. The molecule has 0 bridgehead atoms. The van der Waals surface area contributed by atoms with Gasteiger partial charge >= 0.3 is 7.12 Å². The molecule has 3 nitrogen and oxygen atoms in total. The van der Waals surface area contributed by atoms with Crippen LogP contribution >= 0.6 is 11.3 Å². The summed E-state index contributed by atoms with van der Waals surface area (Å²) >= 11 is 1.67. The van der Waals surface area contributed by atoms with Gasteiger partial charge in [-0.15, -0.1) is 11.3 Å². The average molecular weight is 239 g/mol. The molecule has 2 rings (SSSR count). The average Bonchev–Trinajstić information content (AvgIpc) is 2.70. The van der Waals surface area contributed by atoms with Crippen molar-refractivity contribution < 1.29 is 9.31 Å². The monoisotopic (exact) mass is 239 g/mol. The molecule has 1 aliphatic rings. The van der Waals surface area contributed by atoms with E-state index in [1.54, 1.807) is 11.3 Å². The second-order valence-corrected chi connectivity index (χ2v) is 6.24. The summed E-state index contributed by atoms with van der Waals surface area (Å²) in [5, 5.41) is 1.13. The molecule has 1 aromatic rings. The zero-order valence-corrected chi connectivity index (χ0v) is 11.4. The lowest BCUT2D eigenvalue weighted by Crippen LogP contribution is -2.41. The van der Waals surface area contributed by atoms with Crippen LogP contribution in [0, 0.1) is 0 Å². The summed E-state index contributed by atoms with van der Waals surface area (Å²) in [5.74, 6) is 0. The largest absolute Gasteiger partial charge is 0.507 e. The minimum atomic E-state index is -0.270. The summed E-state index contributed by atoms with van der Waals surface area (Å²) in [6, 6.07) is 0. The Hall–Kier alpha value is -0.385. The minimum Gasteiger partial charge on any atom is -0.399 e. The lowest BCUT2D eigenvalue weighted by atomic mass is 9.89.